The standard InChI is InChI=1S/C16H24N2O3/c1-4-8-18-13-9-11(12(17)10-20-3)6-7-15(13)21-14(5-2)16(18)19/h6-7,9,12,14H,4-5,8,10,17H2,1-3H3. The Morgan fingerprint density at radius 3 is 2.81 bits per heavy atom. The minimum Gasteiger partial charge on any atom is -0.478 e. The average molecular weight is 292 g/mol. The molecule has 2 rings (SSSR count). The highest BCUT2D eigenvalue weighted by molar-refractivity contribution is 6.00. The molecule has 0 spiro atoms. The lowest BCUT2D eigenvalue weighted by Crippen LogP contribution is -2.46. The number of anilines is 1. The Bertz CT molecular complexity index is 504. The molecule has 0 saturated heterocycles. The molecule has 116 valence electrons. The minimum absolute atomic E-state index is 0.0318. The number of nitrogens with two attached hydrogens (primary N) is 1. The molecule has 0 aromatic heterocycles. The molecule has 5 heteroatoms. The molecule has 0 bridgehead atoms. The van der Waals surface area contributed by atoms with Gasteiger partial charge in [-0.15, -0.1) is 0 Å². The first-order valence-electron chi connectivity index (χ1n) is 7.48. The highest BCUT2D eigenvalue weighted by Gasteiger charge is 2.33. The van der Waals surface area contributed by atoms with Gasteiger partial charge in [-0.3, -0.25) is 4.79 Å². The quantitative estimate of drug-likeness (QED) is 0.873. The second-order valence-electron chi connectivity index (χ2n) is 5.29. The first-order chi connectivity index (χ1) is 10.1. The van der Waals surface area contributed by atoms with E-state index in [0.29, 0.717) is 19.6 Å². The summed E-state index contributed by atoms with van der Waals surface area (Å²) in [6.07, 6.45) is 1.18. The van der Waals surface area contributed by atoms with Crippen LogP contribution >= 0.6 is 0 Å². The summed E-state index contributed by atoms with van der Waals surface area (Å²) in [5, 5.41) is 0. The van der Waals surface area contributed by atoms with E-state index < -0.39 is 0 Å². The Labute approximate surface area is 126 Å². The van der Waals surface area contributed by atoms with Gasteiger partial charge in [0, 0.05) is 13.7 Å². The Balaban J connectivity index is 2.37. The summed E-state index contributed by atoms with van der Waals surface area (Å²) in [5.74, 6) is 0.785. The maximum Gasteiger partial charge on any atom is 0.268 e. The van der Waals surface area contributed by atoms with Crippen molar-refractivity contribution < 1.29 is 14.3 Å². The van der Waals surface area contributed by atoms with Crippen molar-refractivity contribution in [3.05, 3.63) is 23.8 Å². The molecule has 5 nitrogen and oxygen atoms in total. The van der Waals surface area contributed by atoms with Gasteiger partial charge in [0.05, 0.1) is 18.3 Å². The number of rotatable bonds is 6. The van der Waals surface area contributed by atoms with Crippen molar-refractivity contribution in [1.82, 2.24) is 0 Å². The molecular weight excluding hydrogens is 268 g/mol. The van der Waals surface area contributed by atoms with Gasteiger partial charge in [0.2, 0.25) is 0 Å². The molecule has 1 aromatic rings. The van der Waals surface area contributed by atoms with Crippen molar-refractivity contribution in [2.24, 2.45) is 5.73 Å². The highest BCUT2D eigenvalue weighted by Crippen LogP contribution is 2.36. The molecule has 1 heterocycles. The maximum atomic E-state index is 12.5. The van der Waals surface area contributed by atoms with Crippen LogP contribution in [0.4, 0.5) is 5.69 Å². The third kappa shape index (κ3) is 3.19. The van der Waals surface area contributed by atoms with Crippen LogP contribution in [-0.2, 0) is 9.53 Å². The lowest BCUT2D eigenvalue weighted by molar-refractivity contribution is -0.126. The van der Waals surface area contributed by atoms with Gasteiger partial charge in [-0.1, -0.05) is 19.9 Å². The summed E-state index contributed by atoms with van der Waals surface area (Å²) in [6, 6.07) is 5.58. The molecule has 0 aliphatic carbocycles. The van der Waals surface area contributed by atoms with E-state index in [1.165, 1.54) is 0 Å². The van der Waals surface area contributed by atoms with Crippen molar-refractivity contribution in [2.75, 3.05) is 25.2 Å². The van der Waals surface area contributed by atoms with Gasteiger partial charge in [-0.25, -0.2) is 0 Å². The van der Waals surface area contributed by atoms with E-state index in [9.17, 15) is 4.79 Å². The van der Waals surface area contributed by atoms with Gasteiger partial charge in [0.25, 0.3) is 5.91 Å². The molecule has 1 aliphatic rings. The molecule has 2 atom stereocenters. The van der Waals surface area contributed by atoms with Crippen molar-refractivity contribution >= 4 is 11.6 Å². The number of benzene rings is 1. The molecule has 1 amide bonds. The molecule has 2 N–H and O–H groups in total. The van der Waals surface area contributed by atoms with E-state index in [-0.39, 0.29) is 18.1 Å². The normalized spacial score (nSPS) is 19.1. The monoisotopic (exact) mass is 292 g/mol. The van der Waals surface area contributed by atoms with Crippen molar-refractivity contribution in [3.63, 3.8) is 0 Å². The number of carbonyl (C=O) groups is 1. The highest BCUT2D eigenvalue weighted by atomic mass is 16.5. The average Bonchev–Trinajstić information content (AvgIpc) is 2.49. The van der Waals surface area contributed by atoms with Crippen LogP contribution in [0.15, 0.2) is 18.2 Å². The molecule has 0 saturated carbocycles. The van der Waals surface area contributed by atoms with Crippen LogP contribution < -0.4 is 15.4 Å². The zero-order valence-corrected chi connectivity index (χ0v) is 13.0. The van der Waals surface area contributed by atoms with E-state index >= 15 is 0 Å². The number of nitrogens with zero attached hydrogens (tertiary/aromatic N) is 1. The summed E-state index contributed by atoms with van der Waals surface area (Å²) in [5.41, 5.74) is 7.84. The van der Waals surface area contributed by atoms with Crippen molar-refractivity contribution in [1.29, 1.82) is 0 Å². The van der Waals surface area contributed by atoms with Gasteiger partial charge >= 0.3 is 0 Å². The molecule has 21 heavy (non-hydrogen) atoms. The smallest absolute Gasteiger partial charge is 0.268 e. The van der Waals surface area contributed by atoms with Crippen molar-refractivity contribution in [3.8, 4) is 5.75 Å². The third-order valence-corrected chi connectivity index (χ3v) is 3.68. The van der Waals surface area contributed by atoms with Crippen molar-refractivity contribution in [2.45, 2.75) is 38.8 Å². The topological polar surface area (TPSA) is 64.8 Å². The Hall–Kier alpha value is -1.59. The summed E-state index contributed by atoms with van der Waals surface area (Å²) < 4.78 is 10.9. The fourth-order valence-corrected chi connectivity index (χ4v) is 2.56. The van der Waals surface area contributed by atoms with Gasteiger partial charge in [-0.05, 0) is 30.5 Å². The van der Waals surface area contributed by atoms with E-state index in [2.05, 4.69) is 6.92 Å². The lowest BCUT2D eigenvalue weighted by Gasteiger charge is -2.34. The van der Waals surface area contributed by atoms with Gasteiger partial charge in [-0.2, -0.15) is 0 Å². The van der Waals surface area contributed by atoms with Gasteiger partial charge in [0.1, 0.15) is 5.75 Å². The zero-order valence-electron chi connectivity index (χ0n) is 13.0. The van der Waals surface area contributed by atoms with Crippen LogP contribution in [0.5, 0.6) is 5.75 Å². The molecule has 0 fully saturated rings. The van der Waals surface area contributed by atoms with Gasteiger partial charge < -0.3 is 20.1 Å². The number of hydrogen-bond acceptors (Lipinski definition) is 4. The molecule has 2 unspecified atom stereocenters. The van der Waals surface area contributed by atoms with E-state index in [0.717, 1.165) is 23.4 Å². The number of fused-ring (bicyclic) bond motifs is 1. The molecule has 0 radical (unpaired) electrons. The maximum absolute atomic E-state index is 12.5. The Morgan fingerprint density at radius 2 is 2.19 bits per heavy atom. The predicted molar refractivity (Wildman–Crippen MR) is 82.6 cm³/mol. The van der Waals surface area contributed by atoms with Crippen LogP contribution in [0.25, 0.3) is 0 Å². The minimum atomic E-state index is -0.387. The number of methoxy groups -OCH3 is 1. The third-order valence-electron chi connectivity index (χ3n) is 3.68. The fourth-order valence-electron chi connectivity index (χ4n) is 2.56. The molecular formula is C16H24N2O3. The van der Waals surface area contributed by atoms with E-state index in [1.54, 1.807) is 7.11 Å². The number of hydrogen-bond donors (Lipinski definition) is 1. The summed E-state index contributed by atoms with van der Waals surface area (Å²) >= 11 is 0. The lowest BCUT2D eigenvalue weighted by atomic mass is 10.0. The van der Waals surface area contributed by atoms with E-state index in [4.69, 9.17) is 15.2 Å². The number of carbonyl (C=O) groups excluding carboxylic acids is 1. The van der Waals surface area contributed by atoms with Crippen LogP contribution in [0.3, 0.4) is 0 Å². The summed E-state index contributed by atoms with van der Waals surface area (Å²) in [6.45, 7) is 5.15. The fraction of sp³-hybridized carbons (Fsp3) is 0.562. The first kappa shape index (κ1) is 15.8. The van der Waals surface area contributed by atoms with Gasteiger partial charge in [0.15, 0.2) is 6.10 Å². The largest absolute Gasteiger partial charge is 0.478 e. The van der Waals surface area contributed by atoms with Crippen LogP contribution in [-0.4, -0.2) is 32.3 Å². The van der Waals surface area contributed by atoms with Crippen LogP contribution in [0.1, 0.15) is 38.3 Å². The predicted octanol–water partition coefficient (Wildman–Crippen LogP) is 2.25. The number of ether oxygens (including phenoxy) is 2. The second kappa shape index (κ2) is 6.91. The SMILES string of the molecule is CCCN1C(=O)C(CC)Oc2ccc(C(N)COC)cc21. The number of amides is 1. The van der Waals surface area contributed by atoms with Crippen LogP contribution in [0.2, 0.25) is 0 Å². The Kier molecular flexibility index (Phi) is 5.20. The van der Waals surface area contributed by atoms with E-state index in [1.807, 2.05) is 30.0 Å². The molecule has 1 aromatic carbocycles. The summed E-state index contributed by atoms with van der Waals surface area (Å²) in [7, 11) is 1.63. The summed E-state index contributed by atoms with van der Waals surface area (Å²) in [4.78, 5) is 14.3. The van der Waals surface area contributed by atoms with Crippen LogP contribution in [0, 0.1) is 0 Å². The second-order valence-corrected chi connectivity index (χ2v) is 5.29. The zero-order chi connectivity index (χ0) is 15.4. The first-order valence-corrected chi connectivity index (χ1v) is 7.48. The Morgan fingerprint density at radius 1 is 1.43 bits per heavy atom. The molecule has 1 aliphatic heterocycles.